The molecule has 0 saturated carbocycles. The monoisotopic (exact) mass is 344 g/mol. The fraction of sp³-hybridized carbons (Fsp3) is 0.263. The molecule has 1 N–H and O–H groups in total. The van der Waals surface area contributed by atoms with E-state index in [1.165, 1.54) is 0 Å². The van der Waals surface area contributed by atoms with E-state index in [1.807, 2.05) is 29.2 Å². The lowest BCUT2D eigenvalue weighted by atomic mass is 9.97. The summed E-state index contributed by atoms with van der Waals surface area (Å²) in [6.45, 7) is 3.11. The van der Waals surface area contributed by atoms with Gasteiger partial charge in [-0.15, -0.1) is 12.4 Å². The largest absolute Gasteiger partial charge is 0.337 e. The Hall–Kier alpha value is -2.17. The number of carbonyl (C=O) groups is 2. The van der Waals surface area contributed by atoms with Crippen molar-refractivity contribution < 1.29 is 9.59 Å². The number of amides is 1. The minimum Gasteiger partial charge on any atom is -0.337 e. The van der Waals surface area contributed by atoms with Crippen molar-refractivity contribution in [1.29, 1.82) is 0 Å². The van der Waals surface area contributed by atoms with E-state index in [1.54, 1.807) is 30.3 Å². The summed E-state index contributed by atoms with van der Waals surface area (Å²) in [5.74, 6) is -0.170. The fourth-order valence-corrected chi connectivity index (χ4v) is 2.83. The molecule has 1 amide bonds. The second-order valence-corrected chi connectivity index (χ2v) is 5.64. The zero-order valence-corrected chi connectivity index (χ0v) is 14.2. The number of hydrogen-bond acceptors (Lipinski definition) is 3. The Bertz CT molecular complexity index is 696. The van der Waals surface area contributed by atoms with Crippen LogP contribution >= 0.6 is 12.4 Å². The Morgan fingerprint density at radius 2 is 1.50 bits per heavy atom. The first-order chi connectivity index (χ1) is 11.3. The van der Waals surface area contributed by atoms with Crippen LogP contribution in [0.2, 0.25) is 0 Å². The van der Waals surface area contributed by atoms with Crippen molar-refractivity contribution in [2.45, 2.75) is 6.42 Å². The molecule has 1 aliphatic rings. The highest BCUT2D eigenvalue weighted by molar-refractivity contribution is 6.15. The molecule has 0 aromatic heterocycles. The number of hydrogen-bond donors (Lipinski definition) is 1. The molecule has 24 heavy (non-hydrogen) atoms. The average Bonchev–Trinajstić information content (AvgIpc) is 2.90. The van der Waals surface area contributed by atoms with Crippen molar-refractivity contribution in [2.75, 3.05) is 26.2 Å². The van der Waals surface area contributed by atoms with E-state index in [0.29, 0.717) is 23.2 Å². The lowest BCUT2D eigenvalue weighted by molar-refractivity contribution is 0.0762. The Balaban J connectivity index is 0.00000208. The van der Waals surface area contributed by atoms with Crippen LogP contribution in [0.1, 0.15) is 32.7 Å². The maximum atomic E-state index is 12.9. The molecule has 4 nitrogen and oxygen atoms in total. The quantitative estimate of drug-likeness (QED) is 0.871. The molecule has 0 atom stereocenters. The van der Waals surface area contributed by atoms with Crippen molar-refractivity contribution in [1.82, 2.24) is 10.2 Å². The minimum atomic E-state index is -0.109. The second-order valence-electron chi connectivity index (χ2n) is 5.64. The first kappa shape index (κ1) is 18.2. The Kier molecular flexibility index (Phi) is 6.53. The molecule has 1 heterocycles. The van der Waals surface area contributed by atoms with E-state index in [4.69, 9.17) is 0 Å². The number of nitrogens with zero attached hydrogens (tertiary/aromatic N) is 1. The summed E-state index contributed by atoms with van der Waals surface area (Å²) in [5.41, 5.74) is 1.56. The van der Waals surface area contributed by atoms with Crippen LogP contribution < -0.4 is 5.32 Å². The molecule has 2 aromatic carbocycles. The van der Waals surface area contributed by atoms with Crippen LogP contribution in [-0.4, -0.2) is 42.8 Å². The predicted octanol–water partition coefficient (Wildman–Crippen LogP) is 2.77. The standard InChI is InChI=1S/C19H20N2O2.ClH/c22-18(15-7-2-1-3-8-15)16-9-4-5-10-17(16)19(23)21-13-6-11-20-12-14-21;/h1-5,7-10,20H,6,11-14H2;1H. The fourth-order valence-electron chi connectivity index (χ4n) is 2.83. The van der Waals surface area contributed by atoms with Crippen LogP contribution in [0.25, 0.3) is 0 Å². The van der Waals surface area contributed by atoms with Gasteiger partial charge in [-0.25, -0.2) is 0 Å². The number of ketones is 1. The third-order valence-corrected chi connectivity index (χ3v) is 4.07. The number of nitrogens with one attached hydrogen (secondary N) is 1. The summed E-state index contributed by atoms with van der Waals surface area (Å²) in [4.78, 5) is 27.4. The molecule has 0 radical (unpaired) electrons. The topological polar surface area (TPSA) is 49.4 Å². The van der Waals surface area contributed by atoms with Crippen molar-refractivity contribution >= 4 is 24.1 Å². The van der Waals surface area contributed by atoms with Gasteiger partial charge in [0.05, 0.1) is 5.56 Å². The summed E-state index contributed by atoms with van der Waals surface area (Å²) in [7, 11) is 0. The molecule has 2 aromatic rings. The third-order valence-electron chi connectivity index (χ3n) is 4.07. The molecule has 5 heteroatoms. The zero-order valence-electron chi connectivity index (χ0n) is 13.4. The van der Waals surface area contributed by atoms with Gasteiger partial charge in [-0.2, -0.15) is 0 Å². The summed E-state index contributed by atoms with van der Waals surface area (Å²) in [5, 5.41) is 3.29. The first-order valence-corrected chi connectivity index (χ1v) is 7.96. The molecule has 1 saturated heterocycles. The van der Waals surface area contributed by atoms with Crippen molar-refractivity contribution in [2.24, 2.45) is 0 Å². The molecule has 0 spiro atoms. The van der Waals surface area contributed by atoms with E-state index in [9.17, 15) is 9.59 Å². The molecule has 0 aliphatic carbocycles. The summed E-state index contributed by atoms with van der Waals surface area (Å²) >= 11 is 0. The number of carbonyl (C=O) groups excluding carboxylic acids is 2. The summed E-state index contributed by atoms with van der Waals surface area (Å²) in [6, 6.07) is 16.2. The van der Waals surface area contributed by atoms with Gasteiger partial charge in [-0.05, 0) is 19.0 Å². The molecule has 126 valence electrons. The average molecular weight is 345 g/mol. The van der Waals surface area contributed by atoms with Gasteiger partial charge in [0.1, 0.15) is 0 Å². The summed E-state index contributed by atoms with van der Waals surface area (Å²) < 4.78 is 0. The van der Waals surface area contributed by atoms with E-state index < -0.39 is 0 Å². The predicted molar refractivity (Wildman–Crippen MR) is 97.0 cm³/mol. The van der Waals surface area contributed by atoms with Gasteiger partial charge in [0.2, 0.25) is 0 Å². The van der Waals surface area contributed by atoms with Gasteiger partial charge in [-0.3, -0.25) is 9.59 Å². The maximum absolute atomic E-state index is 12.9. The Morgan fingerprint density at radius 3 is 2.25 bits per heavy atom. The van der Waals surface area contributed by atoms with E-state index in [0.717, 1.165) is 26.1 Å². The van der Waals surface area contributed by atoms with Crippen molar-refractivity contribution in [3.63, 3.8) is 0 Å². The highest BCUT2D eigenvalue weighted by atomic mass is 35.5. The van der Waals surface area contributed by atoms with Gasteiger partial charge in [0, 0.05) is 30.8 Å². The number of benzene rings is 2. The Morgan fingerprint density at radius 1 is 0.833 bits per heavy atom. The Labute approximate surface area is 148 Å². The number of halogens is 1. The smallest absolute Gasteiger partial charge is 0.254 e. The van der Waals surface area contributed by atoms with Gasteiger partial charge in [0.25, 0.3) is 5.91 Å². The van der Waals surface area contributed by atoms with Crippen LogP contribution in [0.3, 0.4) is 0 Å². The lowest BCUT2D eigenvalue weighted by Gasteiger charge is -2.21. The minimum absolute atomic E-state index is 0. The third kappa shape index (κ3) is 4.02. The van der Waals surface area contributed by atoms with Crippen LogP contribution in [0.15, 0.2) is 54.6 Å². The molecule has 1 fully saturated rings. The maximum Gasteiger partial charge on any atom is 0.254 e. The molecule has 0 bridgehead atoms. The van der Waals surface area contributed by atoms with E-state index in [-0.39, 0.29) is 24.1 Å². The van der Waals surface area contributed by atoms with Crippen LogP contribution in [-0.2, 0) is 0 Å². The van der Waals surface area contributed by atoms with Crippen LogP contribution in [0.4, 0.5) is 0 Å². The molecular weight excluding hydrogens is 324 g/mol. The van der Waals surface area contributed by atoms with Gasteiger partial charge < -0.3 is 10.2 Å². The van der Waals surface area contributed by atoms with Crippen molar-refractivity contribution in [3.8, 4) is 0 Å². The molecule has 3 rings (SSSR count). The normalized spacial score (nSPS) is 14.4. The van der Waals surface area contributed by atoms with Gasteiger partial charge in [-0.1, -0.05) is 48.5 Å². The van der Waals surface area contributed by atoms with E-state index >= 15 is 0 Å². The highest BCUT2D eigenvalue weighted by Gasteiger charge is 2.22. The SMILES string of the molecule is Cl.O=C(c1ccccc1)c1ccccc1C(=O)N1CCCNCC1. The van der Waals surface area contributed by atoms with Gasteiger partial charge >= 0.3 is 0 Å². The molecule has 1 aliphatic heterocycles. The van der Waals surface area contributed by atoms with Gasteiger partial charge in [0.15, 0.2) is 5.78 Å². The van der Waals surface area contributed by atoms with Crippen LogP contribution in [0.5, 0.6) is 0 Å². The first-order valence-electron chi connectivity index (χ1n) is 7.96. The highest BCUT2D eigenvalue weighted by Crippen LogP contribution is 2.17. The number of rotatable bonds is 3. The van der Waals surface area contributed by atoms with E-state index in [2.05, 4.69) is 5.32 Å². The lowest BCUT2D eigenvalue weighted by Crippen LogP contribution is -2.35. The molecular formula is C19H21ClN2O2. The molecule has 0 unspecified atom stereocenters. The summed E-state index contributed by atoms with van der Waals surface area (Å²) in [6.07, 6.45) is 0.931. The second kappa shape index (κ2) is 8.62. The van der Waals surface area contributed by atoms with Crippen molar-refractivity contribution in [3.05, 3.63) is 71.3 Å². The van der Waals surface area contributed by atoms with Crippen LogP contribution in [0, 0.1) is 0 Å². The zero-order chi connectivity index (χ0) is 16.1.